The molecular weight excluding hydrogens is 491 g/mol. The maximum atomic E-state index is 13.5. The molecule has 1 amide bonds. The van der Waals surface area contributed by atoms with Crippen molar-refractivity contribution < 1.29 is 23.6 Å². The van der Waals surface area contributed by atoms with Gasteiger partial charge in [-0.05, 0) is 48.5 Å². The molecule has 4 heterocycles. The van der Waals surface area contributed by atoms with Crippen molar-refractivity contribution in [1.29, 1.82) is 0 Å². The third-order valence-corrected chi connectivity index (χ3v) is 6.39. The van der Waals surface area contributed by atoms with Crippen molar-refractivity contribution in [1.82, 2.24) is 19.7 Å². The number of ether oxygens (including phenoxy) is 2. The van der Waals surface area contributed by atoms with Crippen molar-refractivity contribution in [2.45, 2.75) is 0 Å². The highest BCUT2D eigenvalue weighted by Gasteiger charge is 2.21. The molecule has 5 aromatic rings. The van der Waals surface area contributed by atoms with Gasteiger partial charge in [0.25, 0.3) is 5.91 Å². The van der Waals surface area contributed by atoms with Gasteiger partial charge in [0.2, 0.25) is 6.79 Å². The van der Waals surface area contributed by atoms with Crippen molar-refractivity contribution in [2.75, 3.05) is 12.1 Å². The number of hydrogen-bond acceptors (Lipinski definition) is 9. The van der Waals surface area contributed by atoms with E-state index in [9.17, 15) is 19.3 Å². The number of benzene rings is 2. The van der Waals surface area contributed by atoms with Gasteiger partial charge in [-0.25, -0.2) is 19.0 Å². The molecule has 0 fully saturated rings. The minimum absolute atomic E-state index is 0.101. The second-order valence-corrected chi connectivity index (χ2v) is 8.65. The van der Waals surface area contributed by atoms with Crippen LogP contribution in [0, 0.1) is 15.9 Å². The van der Waals surface area contributed by atoms with E-state index in [1.807, 2.05) is 0 Å². The highest BCUT2D eigenvalue weighted by Crippen LogP contribution is 2.36. The van der Waals surface area contributed by atoms with Crippen LogP contribution in [0.5, 0.6) is 11.5 Å². The number of nitro groups is 1. The summed E-state index contributed by atoms with van der Waals surface area (Å²) in [5, 5.41) is 18.4. The van der Waals surface area contributed by atoms with Gasteiger partial charge in [0, 0.05) is 11.6 Å². The Bertz CT molecular complexity index is 1670. The highest BCUT2D eigenvalue weighted by atomic mass is 32.1. The SMILES string of the molecule is O=C(Nc1nc(-c2ccc3c(c2)OCO3)nc2c1cnn2-c1ccc(F)cc1)c1ccc([N+](=O)[O-])s1. The van der Waals surface area contributed by atoms with Gasteiger partial charge >= 0.3 is 5.00 Å². The lowest BCUT2D eigenvalue weighted by molar-refractivity contribution is -0.380. The molecule has 3 aromatic heterocycles. The van der Waals surface area contributed by atoms with Gasteiger partial charge in [-0.1, -0.05) is 11.3 Å². The molecule has 1 aliphatic rings. The molecule has 178 valence electrons. The molecular formula is C23H13FN6O5S. The van der Waals surface area contributed by atoms with Gasteiger partial charge in [0.15, 0.2) is 23.0 Å². The van der Waals surface area contributed by atoms with Crippen LogP contribution in [-0.2, 0) is 0 Å². The normalized spacial score (nSPS) is 12.1. The summed E-state index contributed by atoms with van der Waals surface area (Å²) in [6, 6.07) is 13.5. The molecule has 36 heavy (non-hydrogen) atoms. The van der Waals surface area contributed by atoms with E-state index in [1.54, 1.807) is 30.3 Å². The monoisotopic (exact) mass is 504 g/mol. The number of carbonyl (C=O) groups excluding carboxylic acids is 1. The van der Waals surface area contributed by atoms with Crippen molar-refractivity contribution in [3.05, 3.63) is 81.6 Å². The van der Waals surface area contributed by atoms with E-state index in [4.69, 9.17) is 9.47 Å². The van der Waals surface area contributed by atoms with Crippen molar-refractivity contribution in [2.24, 2.45) is 0 Å². The molecule has 0 saturated carbocycles. The molecule has 2 aromatic carbocycles. The van der Waals surface area contributed by atoms with Gasteiger partial charge in [0.05, 0.1) is 27.1 Å². The first kappa shape index (κ1) is 21.6. The van der Waals surface area contributed by atoms with E-state index in [1.165, 1.54) is 35.1 Å². The Labute approximate surface area is 204 Å². The largest absolute Gasteiger partial charge is 0.454 e. The van der Waals surface area contributed by atoms with Crippen LogP contribution >= 0.6 is 11.3 Å². The second kappa shape index (κ2) is 8.39. The van der Waals surface area contributed by atoms with Gasteiger partial charge in [0.1, 0.15) is 11.6 Å². The van der Waals surface area contributed by atoms with Gasteiger partial charge in [-0.2, -0.15) is 5.10 Å². The topological polar surface area (TPSA) is 134 Å². The third-order valence-electron chi connectivity index (χ3n) is 5.36. The molecule has 0 atom stereocenters. The molecule has 0 aliphatic carbocycles. The predicted molar refractivity (Wildman–Crippen MR) is 127 cm³/mol. The van der Waals surface area contributed by atoms with E-state index in [0.29, 0.717) is 33.8 Å². The van der Waals surface area contributed by atoms with Crippen molar-refractivity contribution in [3.8, 4) is 28.6 Å². The fraction of sp³-hybridized carbons (Fsp3) is 0.0435. The summed E-state index contributed by atoms with van der Waals surface area (Å²) in [7, 11) is 0. The second-order valence-electron chi connectivity index (χ2n) is 7.58. The Balaban J connectivity index is 1.47. The Hall–Kier alpha value is -4.91. The van der Waals surface area contributed by atoms with Crippen LogP contribution in [0.2, 0.25) is 0 Å². The first-order valence-electron chi connectivity index (χ1n) is 10.4. The number of aromatic nitrogens is 4. The third kappa shape index (κ3) is 3.76. The van der Waals surface area contributed by atoms with E-state index < -0.39 is 16.6 Å². The highest BCUT2D eigenvalue weighted by molar-refractivity contribution is 7.17. The van der Waals surface area contributed by atoms with E-state index in [2.05, 4.69) is 20.4 Å². The van der Waals surface area contributed by atoms with Crippen LogP contribution in [-0.4, -0.2) is 37.4 Å². The van der Waals surface area contributed by atoms with E-state index in [0.717, 1.165) is 11.3 Å². The predicted octanol–water partition coefficient (Wildman–Crippen LogP) is 4.57. The molecule has 6 rings (SSSR count). The number of amides is 1. The van der Waals surface area contributed by atoms with Crippen LogP contribution in [0.25, 0.3) is 28.1 Å². The molecule has 1 aliphatic heterocycles. The molecule has 0 spiro atoms. The fourth-order valence-electron chi connectivity index (χ4n) is 3.66. The first-order valence-corrected chi connectivity index (χ1v) is 11.3. The van der Waals surface area contributed by atoms with Gasteiger partial charge in [-0.3, -0.25) is 14.9 Å². The molecule has 0 unspecified atom stereocenters. The number of nitrogens with zero attached hydrogens (tertiary/aromatic N) is 5. The zero-order chi connectivity index (χ0) is 24.8. The Morgan fingerprint density at radius 2 is 1.89 bits per heavy atom. The maximum Gasteiger partial charge on any atom is 0.324 e. The number of hydrogen-bond donors (Lipinski definition) is 1. The van der Waals surface area contributed by atoms with E-state index in [-0.39, 0.29) is 28.3 Å². The fourth-order valence-corrected chi connectivity index (χ4v) is 4.37. The lowest BCUT2D eigenvalue weighted by Crippen LogP contribution is -2.12. The summed E-state index contributed by atoms with van der Waals surface area (Å²) in [4.78, 5) is 32.7. The average Bonchev–Trinajstić information content (AvgIpc) is 3.63. The van der Waals surface area contributed by atoms with Crippen LogP contribution in [0.3, 0.4) is 0 Å². The lowest BCUT2D eigenvalue weighted by atomic mass is 10.2. The molecule has 0 bridgehead atoms. The summed E-state index contributed by atoms with van der Waals surface area (Å²) >= 11 is 0.750. The smallest absolute Gasteiger partial charge is 0.324 e. The molecule has 11 nitrogen and oxygen atoms in total. The first-order chi connectivity index (χ1) is 17.5. The molecule has 0 radical (unpaired) electrons. The Kier molecular flexibility index (Phi) is 5.04. The average molecular weight is 504 g/mol. The van der Waals surface area contributed by atoms with Gasteiger partial charge < -0.3 is 14.8 Å². The summed E-state index contributed by atoms with van der Waals surface area (Å²) in [5.74, 6) is 0.561. The number of carbonyl (C=O) groups is 1. The summed E-state index contributed by atoms with van der Waals surface area (Å²) in [5.41, 5.74) is 1.50. The molecule has 0 saturated heterocycles. The number of fused-ring (bicyclic) bond motifs is 2. The van der Waals surface area contributed by atoms with Crippen molar-refractivity contribution >= 4 is 39.1 Å². The van der Waals surface area contributed by atoms with E-state index >= 15 is 0 Å². The Morgan fingerprint density at radius 3 is 2.67 bits per heavy atom. The number of halogens is 1. The molecule has 13 heteroatoms. The van der Waals surface area contributed by atoms with Crippen LogP contribution in [0.15, 0.2) is 60.8 Å². The molecule has 1 N–H and O–H groups in total. The number of anilines is 1. The number of nitrogens with one attached hydrogen (secondary N) is 1. The summed E-state index contributed by atoms with van der Waals surface area (Å²) in [6.45, 7) is 0.101. The van der Waals surface area contributed by atoms with Crippen molar-refractivity contribution in [3.63, 3.8) is 0 Å². The van der Waals surface area contributed by atoms with Crippen LogP contribution in [0.4, 0.5) is 15.2 Å². The van der Waals surface area contributed by atoms with Crippen LogP contribution < -0.4 is 14.8 Å². The van der Waals surface area contributed by atoms with Gasteiger partial charge in [-0.15, -0.1) is 0 Å². The minimum atomic E-state index is -0.570. The Morgan fingerprint density at radius 1 is 1.08 bits per heavy atom. The van der Waals surface area contributed by atoms with Crippen LogP contribution in [0.1, 0.15) is 9.67 Å². The summed E-state index contributed by atoms with van der Waals surface area (Å²) in [6.07, 6.45) is 1.48. The quantitative estimate of drug-likeness (QED) is 0.272. The lowest BCUT2D eigenvalue weighted by Gasteiger charge is -2.09. The number of rotatable bonds is 5. The number of thiophene rings is 1. The zero-order valence-corrected chi connectivity index (χ0v) is 18.9. The minimum Gasteiger partial charge on any atom is -0.454 e. The summed E-state index contributed by atoms with van der Waals surface area (Å²) < 4.78 is 25.8. The maximum absolute atomic E-state index is 13.5. The zero-order valence-electron chi connectivity index (χ0n) is 18.0. The standard InChI is InChI=1S/C23H13FN6O5S/c24-13-2-4-14(5-3-13)29-22-15(10-25-29)21(28-23(31)18-7-8-19(36-18)30(32)33)26-20(27-22)12-1-6-16-17(9-12)35-11-34-16/h1-10H,11H2,(H,26,27,28,31).